The number of anilines is 1. The van der Waals surface area contributed by atoms with Crippen LogP contribution in [0.25, 0.3) is 11.1 Å². The number of amides is 1. The van der Waals surface area contributed by atoms with Gasteiger partial charge in [-0.3, -0.25) is 9.69 Å². The first-order valence-electron chi connectivity index (χ1n) is 10.8. The van der Waals surface area contributed by atoms with Gasteiger partial charge in [0.15, 0.2) is 0 Å². The van der Waals surface area contributed by atoms with Crippen molar-refractivity contribution >= 4 is 40.2 Å². The van der Waals surface area contributed by atoms with Crippen LogP contribution >= 0.6 is 11.3 Å². The number of nitrogens with zero attached hydrogens (tertiary/aromatic N) is 1. The van der Waals surface area contributed by atoms with E-state index in [1.807, 2.05) is 0 Å². The molecule has 11 heteroatoms. The van der Waals surface area contributed by atoms with Crippen molar-refractivity contribution in [2.75, 3.05) is 31.6 Å². The number of carboxylic acids is 2. The van der Waals surface area contributed by atoms with Crippen molar-refractivity contribution in [2.45, 2.75) is 32.6 Å². The van der Waals surface area contributed by atoms with Crippen molar-refractivity contribution in [3.63, 3.8) is 0 Å². The maximum absolute atomic E-state index is 13.3. The van der Waals surface area contributed by atoms with E-state index in [9.17, 15) is 14.0 Å². The van der Waals surface area contributed by atoms with Crippen LogP contribution in [-0.2, 0) is 19.1 Å². The molecule has 184 valence electrons. The van der Waals surface area contributed by atoms with Crippen molar-refractivity contribution in [3.8, 4) is 11.1 Å². The van der Waals surface area contributed by atoms with Gasteiger partial charge < -0.3 is 20.3 Å². The third-order valence-corrected chi connectivity index (χ3v) is 5.82. The quantitative estimate of drug-likeness (QED) is 0.409. The molecule has 1 fully saturated rings. The zero-order valence-electron chi connectivity index (χ0n) is 18.7. The summed E-state index contributed by atoms with van der Waals surface area (Å²) in [6.07, 6.45) is 4.62. The molecule has 1 saturated heterocycles. The number of halogens is 1. The fourth-order valence-electron chi connectivity index (χ4n) is 3.36. The van der Waals surface area contributed by atoms with E-state index in [1.165, 1.54) is 36.3 Å². The summed E-state index contributed by atoms with van der Waals surface area (Å²) in [6, 6.07) is 5.92. The highest BCUT2D eigenvalue weighted by molar-refractivity contribution is 7.15. The Morgan fingerprint density at radius 2 is 1.62 bits per heavy atom. The molecule has 0 spiro atoms. The summed E-state index contributed by atoms with van der Waals surface area (Å²) in [5.41, 5.74) is 1.66. The molecule has 0 aliphatic carbocycles. The molecule has 1 amide bonds. The first-order valence-corrected chi connectivity index (χ1v) is 11.6. The molecular formula is C23H27FN2O7S. The number of hydrogen-bond donors (Lipinski definition) is 3. The Morgan fingerprint density at radius 3 is 2.15 bits per heavy atom. The zero-order valence-corrected chi connectivity index (χ0v) is 19.5. The molecule has 0 unspecified atom stereocenters. The molecule has 3 N–H and O–H groups in total. The standard InChI is InChI=1S/C21H25FN2O3S.C2H2O4/c1-2-27-21(26)19-17(15-7-9-16(22)10-8-15)14-28-20(19)23-18(25)13-24-11-5-3-4-6-12-24;3-1(4)2(5)6/h7-10,14H,2-6,11-13H2,1H3,(H,23,25);(H,3,4)(H,5,6). The number of ether oxygens (including phenoxy) is 1. The van der Waals surface area contributed by atoms with Gasteiger partial charge in [-0.1, -0.05) is 25.0 Å². The second-order valence-electron chi connectivity index (χ2n) is 7.43. The molecule has 34 heavy (non-hydrogen) atoms. The fraction of sp³-hybridized carbons (Fsp3) is 0.391. The van der Waals surface area contributed by atoms with E-state index in [2.05, 4.69) is 10.2 Å². The Hall–Kier alpha value is -3.31. The van der Waals surface area contributed by atoms with Crippen LogP contribution in [0.15, 0.2) is 29.6 Å². The Balaban J connectivity index is 0.000000604. The predicted octanol–water partition coefficient (Wildman–Crippen LogP) is 3.70. The molecule has 2 heterocycles. The van der Waals surface area contributed by atoms with Crippen LogP contribution < -0.4 is 5.32 Å². The largest absolute Gasteiger partial charge is 0.473 e. The van der Waals surface area contributed by atoms with Gasteiger partial charge in [-0.2, -0.15) is 0 Å². The van der Waals surface area contributed by atoms with Crippen molar-refractivity contribution in [1.82, 2.24) is 4.90 Å². The highest BCUT2D eigenvalue weighted by atomic mass is 32.1. The highest BCUT2D eigenvalue weighted by Gasteiger charge is 2.23. The van der Waals surface area contributed by atoms with Crippen LogP contribution in [0, 0.1) is 5.82 Å². The van der Waals surface area contributed by atoms with Gasteiger partial charge in [0.05, 0.1) is 13.2 Å². The number of esters is 1. The van der Waals surface area contributed by atoms with Crippen LogP contribution in [0.3, 0.4) is 0 Å². The lowest BCUT2D eigenvalue weighted by Gasteiger charge is -2.19. The van der Waals surface area contributed by atoms with Gasteiger partial charge in [0.25, 0.3) is 0 Å². The van der Waals surface area contributed by atoms with E-state index in [4.69, 9.17) is 24.5 Å². The molecule has 1 aliphatic heterocycles. The number of hydrogen-bond acceptors (Lipinski definition) is 7. The molecule has 1 aromatic carbocycles. The van der Waals surface area contributed by atoms with Crippen LogP contribution in [0.1, 0.15) is 43.0 Å². The fourth-order valence-corrected chi connectivity index (χ4v) is 4.33. The second-order valence-corrected chi connectivity index (χ2v) is 8.31. The second kappa shape index (κ2) is 13.4. The molecular weight excluding hydrogens is 467 g/mol. The van der Waals surface area contributed by atoms with Gasteiger partial charge in [-0.05, 0) is 50.6 Å². The number of thiophene rings is 1. The Morgan fingerprint density at radius 1 is 1.03 bits per heavy atom. The molecule has 3 rings (SSSR count). The lowest BCUT2D eigenvalue weighted by atomic mass is 10.0. The number of benzene rings is 1. The minimum Gasteiger partial charge on any atom is -0.473 e. The summed E-state index contributed by atoms with van der Waals surface area (Å²) < 4.78 is 18.5. The summed E-state index contributed by atoms with van der Waals surface area (Å²) in [5.74, 6) is -4.62. The van der Waals surface area contributed by atoms with Crippen LogP contribution in [0.2, 0.25) is 0 Å². The molecule has 1 aliphatic rings. The predicted molar refractivity (Wildman–Crippen MR) is 124 cm³/mol. The minimum absolute atomic E-state index is 0.139. The van der Waals surface area contributed by atoms with Crippen molar-refractivity contribution in [1.29, 1.82) is 0 Å². The Bertz CT molecular complexity index is 987. The summed E-state index contributed by atoms with van der Waals surface area (Å²) in [6.45, 7) is 4.12. The lowest BCUT2D eigenvalue weighted by Crippen LogP contribution is -2.34. The number of aliphatic carboxylic acids is 2. The van der Waals surface area contributed by atoms with Crippen molar-refractivity contribution < 1.29 is 38.5 Å². The number of likely N-dealkylation sites (tertiary alicyclic amines) is 1. The van der Waals surface area contributed by atoms with Gasteiger partial charge in [0.2, 0.25) is 5.91 Å². The van der Waals surface area contributed by atoms with Crippen LogP contribution in [0.4, 0.5) is 9.39 Å². The van der Waals surface area contributed by atoms with E-state index in [-0.39, 0.29) is 18.3 Å². The smallest absolute Gasteiger partial charge is 0.414 e. The third kappa shape index (κ3) is 8.23. The molecule has 1 aromatic heterocycles. The summed E-state index contributed by atoms with van der Waals surface area (Å²) >= 11 is 1.28. The molecule has 9 nitrogen and oxygen atoms in total. The minimum atomic E-state index is -1.82. The molecule has 0 bridgehead atoms. The zero-order chi connectivity index (χ0) is 25.1. The summed E-state index contributed by atoms with van der Waals surface area (Å²) in [7, 11) is 0. The van der Waals surface area contributed by atoms with E-state index in [0.29, 0.717) is 28.2 Å². The molecule has 0 radical (unpaired) electrons. The molecule has 0 atom stereocenters. The summed E-state index contributed by atoms with van der Waals surface area (Å²) in [4.78, 5) is 45.5. The van der Waals surface area contributed by atoms with Gasteiger partial charge in [0, 0.05) is 10.9 Å². The molecule has 0 saturated carbocycles. The number of carbonyl (C=O) groups excluding carboxylic acids is 2. The average Bonchev–Trinajstić information content (AvgIpc) is 3.02. The monoisotopic (exact) mass is 494 g/mol. The first-order chi connectivity index (χ1) is 16.2. The highest BCUT2D eigenvalue weighted by Crippen LogP contribution is 2.36. The van der Waals surface area contributed by atoms with E-state index in [1.54, 1.807) is 24.4 Å². The van der Waals surface area contributed by atoms with E-state index in [0.717, 1.165) is 25.9 Å². The van der Waals surface area contributed by atoms with Gasteiger partial charge in [0.1, 0.15) is 16.4 Å². The number of nitrogens with one attached hydrogen (secondary N) is 1. The first kappa shape index (κ1) is 26.9. The maximum atomic E-state index is 13.3. The van der Waals surface area contributed by atoms with Gasteiger partial charge >= 0.3 is 17.9 Å². The third-order valence-electron chi connectivity index (χ3n) is 4.93. The normalized spacial score (nSPS) is 13.7. The van der Waals surface area contributed by atoms with E-state index < -0.39 is 17.9 Å². The van der Waals surface area contributed by atoms with Crippen molar-refractivity contribution in [2.24, 2.45) is 0 Å². The Kier molecular flexibility index (Phi) is 10.6. The number of carbonyl (C=O) groups is 4. The number of rotatable bonds is 6. The Labute approximate surface area is 200 Å². The lowest BCUT2D eigenvalue weighted by molar-refractivity contribution is -0.159. The topological polar surface area (TPSA) is 133 Å². The van der Waals surface area contributed by atoms with Gasteiger partial charge in [-0.25, -0.2) is 18.8 Å². The van der Waals surface area contributed by atoms with E-state index >= 15 is 0 Å². The number of carboxylic acid groups (broad SMARTS) is 2. The SMILES string of the molecule is CCOC(=O)c1c(-c2ccc(F)cc2)csc1NC(=O)CN1CCCCCC1.O=C(O)C(=O)O. The maximum Gasteiger partial charge on any atom is 0.414 e. The van der Waals surface area contributed by atoms with Gasteiger partial charge in [-0.15, -0.1) is 11.3 Å². The van der Waals surface area contributed by atoms with Crippen molar-refractivity contribution in [3.05, 3.63) is 41.0 Å². The van der Waals surface area contributed by atoms with Crippen LogP contribution in [0.5, 0.6) is 0 Å². The summed E-state index contributed by atoms with van der Waals surface area (Å²) in [5, 5.41) is 19.9. The van der Waals surface area contributed by atoms with Crippen LogP contribution in [-0.4, -0.2) is 65.2 Å². The average molecular weight is 495 g/mol. The molecule has 2 aromatic rings.